The Bertz CT molecular complexity index is 1190. The molecule has 2 fully saturated rings. The predicted octanol–water partition coefficient (Wildman–Crippen LogP) is 5.95. The number of carbonyl (C=O) groups is 2. The molecule has 2 saturated heterocycles. The van der Waals surface area contributed by atoms with Gasteiger partial charge in [0.25, 0.3) is 11.8 Å². The van der Waals surface area contributed by atoms with Crippen LogP contribution in [0, 0.1) is 5.92 Å². The molecule has 0 aromatic heterocycles. The third kappa shape index (κ3) is 4.79. The molecule has 34 heavy (non-hydrogen) atoms. The molecule has 0 unspecified atom stereocenters. The first-order valence-corrected chi connectivity index (χ1v) is 12.6. The molecular weight excluding hydrogens is 422 g/mol. The van der Waals surface area contributed by atoms with E-state index in [1.165, 1.54) is 6.42 Å². The number of nitrogens with one attached hydrogen (secondary N) is 1. The Morgan fingerprint density at radius 2 is 1.56 bits per heavy atom. The van der Waals surface area contributed by atoms with Crippen molar-refractivity contribution in [2.45, 2.75) is 39.0 Å². The van der Waals surface area contributed by atoms with E-state index in [0.717, 1.165) is 74.2 Å². The number of benzene rings is 3. The summed E-state index contributed by atoms with van der Waals surface area (Å²) in [6, 6.07) is 19.6. The van der Waals surface area contributed by atoms with Crippen LogP contribution >= 0.6 is 0 Å². The maximum Gasteiger partial charge on any atom is 0.256 e. The second-order valence-electron chi connectivity index (χ2n) is 9.77. The summed E-state index contributed by atoms with van der Waals surface area (Å²) >= 11 is 0. The number of carbonyl (C=O) groups excluding carboxylic acids is 2. The zero-order valence-electron chi connectivity index (χ0n) is 19.9. The van der Waals surface area contributed by atoms with Gasteiger partial charge in [-0.3, -0.25) is 9.59 Å². The minimum Gasteiger partial charge on any atom is -0.371 e. The van der Waals surface area contributed by atoms with Crippen LogP contribution in [0.5, 0.6) is 0 Å². The van der Waals surface area contributed by atoms with Crippen LogP contribution in [0.25, 0.3) is 10.8 Å². The Hall–Kier alpha value is -3.34. The highest BCUT2D eigenvalue weighted by Crippen LogP contribution is 2.30. The second-order valence-corrected chi connectivity index (χ2v) is 9.77. The molecule has 5 heteroatoms. The van der Waals surface area contributed by atoms with E-state index in [4.69, 9.17) is 0 Å². The van der Waals surface area contributed by atoms with E-state index in [0.29, 0.717) is 16.8 Å². The van der Waals surface area contributed by atoms with Crippen molar-refractivity contribution in [3.63, 3.8) is 0 Å². The maximum atomic E-state index is 13.6. The molecule has 2 amide bonds. The topological polar surface area (TPSA) is 52.7 Å². The Morgan fingerprint density at radius 3 is 2.32 bits per heavy atom. The Morgan fingerprint density at radius 1 is 0.824 bits per heavy atom. The van der Waals surface area contributed by atoms with Gasteiger partial charge >= 0.3 is 0 Å². The number of rotatable bonds is 4. The molecule has 3 aromatic carbocycles. The monoisotopic (exact) mass is 455 g/mol. The zero-order valence-corrected chi connectivity index (χ0v) is 19.9. The summed E-state index contributed by atoms with van der Waals surface area (Å²) in [5.41, 5.74) is 2.96. The molecule has 2 aliphatic heterocycles. The van der Waals surface area contributed by atoms with Gasteiger partial charge < -0.3 is 15.1 Å². The van der Waals surface area contributed by atoms with Gasteiger partial charge in [-0.05, 0) is 79.1 Å². The summed E-state index contributed by atoms with van der Waals surface area (Å²) in [6.45, 7) is 5.84. The average Bonchev–Trinajstić information content (AvgIpc) is 2.89. The number of fused-ring (bicyclic) bond motifs is 1. The van der Waals surface area contributed by atoms with Gasteiger partial charge in [-0.25, -0.2) is 0 Å². The largest absolute Gasteiger partial charge is 0.371 e. The van der Waals surface area contributed by atoms with Crippen LogP contribution in [0.15, 0.2) is 60.7 Å². The smallest absolute Gasteiger partial charge is 0.256 e. The van der Waals surface area contributed by atoms with Crippen LogP contribution < -0.4 is 10.2 Å². The van der Waals surface area contributed by atoms with Crippen LogP contribution in [0.1, 0.15) is 59.7 Å². The standard InChI is InChI=1S/C29H33N3O2/c1-21-13-17-31(18-14-21)27-12-11-25(20-26(27)29(34)32-15-5-2-6-16-32)30-28(33)24-10-9-22-7-3-4-8-23(22)19-24/h3-4,7-12,19-21H,2,5-6,13-18H2,1H3,(H,30,33). The Kier molecular flexibility index (Phi) is 6.52. The highest BCUT2D eigenvalue weighted by atomic mass is 16.2. The average molecular weight is 456 g/mol. The van der Waals surface area contributed by atoms with E-state index < -0.39 is 0 Å². The first-order chi connectivity index (χ1) is 16.6. The van der Waals surface area contributed by atoms with Gasteiger partial charge in [0.1, 0.15) is 0 Å². The van der Waals surface area contributed by atoms with Crippen LogP contribution in [-0.4, -0.2) is 42.9 Å². The quantitative estimate of drug-likeness (QED) is 0.529. The molecule has 2 heterocycles. The number of amides is 2. The first-order valence-electron chi connectivity index (χ1n) is 12.6. The molecule has 0 aliphatic carbocycles. The minimum atomic E-state index is -0.165. The molecule has 0 atom stereocenters. The SMILES string of the molecule is CC1CCN(c2ccc(NC(=O)c3ccc4ccccc4c3)cc2C(=O)N2CCCCC2)CC1. The number of piperidine rings is 2. The molecule has 0 spiro atoms. The van der Waals surface area contributed by atoms with Gasteiger partial charge in [0.05, 0.1) is 5.56 Å². The van der Waals surface area contributed by atoms with Crippen molar-refractivity contribution in [1.82, 2.24) is 4.90 Å². The van der Waals surface area contributed by atoms with Crippen LogP contribution in [0.3, 0.4) is 0 Å². The molecule has 176 valence electrons. The lowest BCUT2D eigenvalue weighted by atomic mass is 9.97. The molecule has 5 nitrogen and oxygen atoms in total. The van der Waals surface area contributed by atoms with Gasteiger partial charge in [0.15, 0.2) is 0 Å². The van der Waals surface area contributed by atoms with Crippen molar-refractivity contribution in [2.24, 2.45) is 5.92 Å². The van der Waals surface area contributed by atoms with Crippen LogP contribution in [-0.2, 0) is 0 Å². The molecule has 0 bridgehead atoms. The van der Waals surface area contributed by atoms with E-state index in [-0.39, 0.29) is 11.8 Å². The number of hydrogen-bond acceptors (Lipinski definition) is 3. The highest BCUT2D eigenvalue weighted by molar-refractivity contribution is 6.08. The van der Waals surface area contributed by atoms with Gasteiger partial charge in [-0.15, -0.1) is 0 Å². The third-order valence-electron chi connectivity index (χ3n) is 7.26. The van der Waals surface area contributed by atoms with Gasteiger partial charge in [0.2, 0.25) is 0 Å². The lowest BCUT2D eigenvalue weighted by Gasteiger charge is -2.35. The fourth-order valence-corrected chi connectivity index (χ4v) is 5.11. The molecule has 2 aliphatic rings. The molecule has 0 radical (unpaired) electrons. The summed E-state index contributed by atoms with van der Waals surface area (Å²) in [7, 11) is 0. The van der Waals surface area contributed by atoms with Crippen LogP contribution in [0.2, 0.25) is 0 Å². The summed E-state index contributed by atoms with van der Waals surface area (Å²) in [6.07, 6.45) is 5.57. The third-order valence-corrected chi connectivity index (χ3v) is 7.26. The van der Waals surface area contributed by atoms with Crippen molar-refractivity contribution in [3.05, 3.63) is 71.8 Å². The lowest BCUT2D eigenvalue weighted by molar-refractivity contribution is 0.0724. The summed E-state index contributed by atoms with van der Waals surface area (Å²) in [5, 5.41) is 5.17. The minimum absolute atomic E-state index is 0.0788. The normalized spacial score (nSPS) is 17.1. The van der Waals surface area contributed by atoms with Crippen LogP contribution in [0.4, 0.5) is 11.4 Å². The highest BCUT2D eigenvalue weighted by Gasteiger charge is 2.25. The first kappa shape index (κ1) is 22.5. The molecule has 5 rings (SSSR count). The van der Waals surface area contributed by atoms with Gasteiger partial charge in [0, 0.05) is 43.1 Å². The van der Waals surface area contributed by atoms with Gasteiger partial charge in [-0.1, -0.05) is 37.3 Å². The lowest BCUT2D eigenvalue weighted by Crippen LogP contribution is -2.38. The van der Waals surface area contributed by atoms with Crippen molar-refractivity contribution >= 4 is 34.0 Å². The molecule has 1 N–H and O–H groups in total. The van der Waals surface area contributed by atoms with E-state index >= 15 is 0 Å². The zero-order chi connectivity index (χ0) is 23.5. The van der Waals surface area contributed by atoms with Gasteiger partial charge in [-0.2, -0.15) is 0 Å². The fraction of sp³-hybridized carbons (Fsp3) is 0.379. The Balaban J connectivity index is 1.42. The van der Waals surface area contributed by atoms with E-state index in [9.17, 15) is 9.59 Å². The number of hydrogen-bond donors (Lipinski definition) is 1. The van der Waals surface area contributed by atoms with Crippen molar-refractivity contribution in [1.29, 1.82) is 0 Å². The molecular formula is C29H33N3O2. The Labute approximate surface area is 201 Å². The van der Waals surface area contributed by atoms with Crippen molar-refractivity contribution in [3.8, 4) is 0 Å². The predicted molar refractivity (Wildman–Crippen MR) is 139 cm³/mol. The van der Waals surface area contributed by atoms with E-state index in [1.54, 1.807) is 0 Å². The number of anilines is 2. The second kappa shape index (κ2) is 9.88. The maximum absolute atomic E-state index is 13.6. The van der Waals surface area contributed by atoms with Crippen molar-refractivity contribution in [2.75, 3.05) is 36.4 Å². The van der Waals surface area contributed by atoms with E-state index in [2.05, 4.69) is 17.1 Å². The fourth-order valence-electron chi connectivity index (χ4n) is 5.11. The summed E-state index contributed by atoms with van der Waals surface area (Å²) in [4.78, 5) is 30.9. The summed E-state index contributed by atoms with van der Waals surface area (Å²) in [5.74, 6) is 0.634. The number of nitrogens with zero attached hydrogens (tertiary/aromatic N) is 2. The van der Waals surface area contributed by atoms with Crippen molar-refractivity contribution < 1.29 is 9.59 Å². The van der Waals surface area contributed by atoms with E-state index in [1.807, 2.05) is 65.6 Å². The molecule has 0 saturated carbocycles. The summed E-state index contributed by atoms with van der Waals surface area (Å²) < 4.78 is 0. The number of likely N-dealkylation sites (tertiary alicyclic amines) is 1. The molecule has 3 aromatic rings.